The van der Waals surface area contributed by atoms with Crippen molar-refractivity contribution < 1.29 is 0 Å². The number of guanidine groups is 1. The molecule has 4 nitrogen and oxygen atoms in total. The van der Waals surface area contributed by atoms with Crippen molar-refractivity contribution >= 4 is 23.2 Å². The monoisotopic (exact) mass is 226 g/mol. The molecule has 0 unspecified atom stereocenters. The van der Waals surface area contributed by atoms with E-state index < -0.39 is 0 Å². The van der Waals surface area contributed by atoms with Crippen molar-refractivity contribution in [2.75, 3.05) is 11.9 Å². The van der Waals surface area contributed by atoms with Crippen molar-refractivity contribution in [2.24, 2.45) is 10.8 Å². The molecule has 0 aliphatic heterocycles. The molecular weight excluding hydrogens is 212 g/mol. The van der Waals surface area contributed by atoms with E-state index in [1.54, 1.807) is 0 Å². The van der Waals surface area contributed by atoms with Crippen molar-refractivity contribution in [1.29, 1.82) is 0 Å². The normalized spacial score (nSPS) is 11.3. The van der Waals surface area contributed by atoms with Gasteiger partial charge in [0.05, 0.1) is 10.7 Å². The van der Waals surface area contributed by atoms with Gasteiger partial charge in [-0.1, -0.05) is 17.7 Å². The van der Waals surface area contributed by atoms with Gasteiger partial charge in [0.1, 0.15) is 0 Å². The third-order valence-electron chi connectivity index (χ3n) is 1.83. The van der Waals surface area contributed by atoms with E-state index in [0.29, 0.717) is 17.5 Å². The van der Waals surface area contributed by atoms with Gasteiger partial charge in [-0.2, -0.15) is 0 Å². The first-order valence-electron chi connectivity index (χ1n) is 4.71. The number of hydrogen-bond donors (Lipinski definition) is 3. The second-order valence-corrected chi connectivity index (χ2v) is 3.48. The Morgan fingerprint density at radius 3 is 2.87 bits per heavy atom. The van der Waals surface area contributed by atoms with Gasteiger partial charge in [-0.05, 0) is 31.5 Å². The van der Waals surface area contributed by atoms with Gasteiger partial charge >= 0.3 is 0 Å². The summed E-state index contributed by atoms with van der Waals surface area (Å²) in [6, 6.07) is 5.71. The zero-order chi connectivity index (χ0) is 11.3. The minimum atomic E-state index is 0.505. The summed E-state index contributed by atoms with van der Waals surface area (Å²) in [5, 5.41) is 3.66. The van der Waals surface area contributed by atoms with Crippen LogP contribution in [0.5, 0.6) is 0 Å². The predicted molar refractivity (Wildman–Crippen MR) is 65.1 cm³/mol. The summed E-state index contributed by atoms with van der Waals surface area (Å²) >= 11 is 6.01. The minimum Gasteiger partial charge on any atom is -0.324 e. The second-order valence-electron chi connectivity index (χ2n) is 3.08. The number of hydrogen-bond acceptors (Lipinski definition) is 2. The van der Waals surface area contributed by atoms with Crippen LogP contribution in [0.2, 0.25) is 5.02 Å². The Hall–Kier alpha value is -1.26. The number of halogens is 1. The fourth-order valence-electron chi connectivity index (χ4n) is 1.14. The average Bonchev–Trinajstić information content (AvgIpc) is 2.22. The Labute approximate surface area is 94.5 Å². The van der Waals surface area contributed by atoms with E-state index >= 15 is 0 Å². The lowest BCUT2D eigenvalue weighted by Crippen LogP contribution is -2.36. The molecule has 82 valence electrons. The van der Waals surface area contributed by atoms with Crippen molar-refractivity contribution in [1.82, 2.24) is 5.43 Å². The van der Waals surface area contributed by atoms with Gasteiger partial charge in [-0.3, -0.25) is 10.4 Å². The SMILES string of the molecule is CCN=C(NN)Nc1cc(C)ccc1Cl. The Morgan fingerprint density at radius 1 is 1.53 bits per heavy atom. The summed E-state index contributed by atoms with van der Waals surface area (Å²) in [5.41, 5.74) is 4.39. The summed E-state index contributed by atoms with van der Waals surface area (Å²) in [4.78, 5) is 4.12. The zero-order valence-corrected chi connectivity index (χ0v) is 9.60. The minimum absolute atomic E-state index is 0.505. The maximum Gasteiger partial charge on any atom is 0.210 e. The Balaban J connectivity index is 2.87. The molecule has 0 saturated carbocycles. The molecule has 0 atom stereocenters. The molecule has 15 heavy (non-hydrogen) atoms. The summed E-state index contributed by atoms with van der Waals surface area (Å²) in [5.74, 6) is 5.81. The van der Waals surface area contributed by atoms with Crippen molar-refractivity contribution in [3.05, 3.63) is 28.8 Å². The van der Waals surface area contributed by atoms with Crippen LogP contribution < -0.4 is 16.6 Å². The maximum absolute atomic E-state index is 6.01. The highest BCUT2D eigenvalue weighted by Gasteiger charge is 2.02. The van der Waals surface area contributed by atoms with E-state index in [4.69, 9.17) is 17.4 Å². The van der Waals surface area contributed by atoms with Crippen LogP contribution in [0, 0.1) is 6.92 Å². The van der Waals surface area contributed by atoms with Crippen LogP contribution in [0.15, 0.2) is 23.2 Å². The molecule has 0 aliphatic carbocycles. The molecule has 0 amide bonds. The van der Waals surface area contributed by atoms with E-state index in [2.05, 4.69) is 15.7 Å². The van der Waals surface area contributed by atoms with E-state index in [9.17, 15) is 0 Å². The highest BCUT2D eigenvalue weighted by Crippen LogP contribution is 2.22. The van der Waals surface area contributed by atoms with Gasteiger partial charge in [-0.15, -0.1) is 0 Å². The van der Waals surface area contributed by atoms with Crippen LogP contribution in [-0.2, 0) is 0 Å². The number of aryl methyl sites for hydroxylation is 1. The first kappa shape index (κ1) is 11.8. The third-order valence-corrected chi connectivity index (χ3v) is 2.16. The molecule has 0 bridgehead atoms. The van der Waals surface area contributed by atoms with Crippen LogP contribution in [-0.4, -0.2) is 12.5 Å². The average molecular weight is 227 g/mol. The number of hydrazine groups is 1. The van der Waals surface area contributed by atoms with Gasteiger partial charge < -0.3 is 5.32 Å². The van der Waals surface area contributed by atoms with Crippen LogP contribution >= 0.6 is 11.6 Å². The number of nitrogens with zero attached hydrogens (tertiary/aromatic N) is 1. The van der Waals surface area contributed by atoms with E-state index in [0.717, 1.165) is 11.3 Å². The number of nitrogens with two attached hydrogens (primary N) is 1. The second kappa shape index (κ2) is 5.58. The molecule has 1 aromatic rings. The Morgan fingerprint density at radius 2 is 2.27 bits per heavy atom. The molecule has 0 radical (unpaired) electrons. The molecule has 0 aromatic heterocycles. The van der Waals surface area contributed by atoms with Crippen LogP contribution in [0.4, 0.5) is 5.69 Å². The van der Waals surface area contributed by atoms with E-state index in [1.807, 2.05) is 32.0 Å². The maximum atomic E-state index is 6.01. The molecule has 0 spiro atoms. The van der Waals surface area contributed by atoms with Crippen molar-refractivity contribution in [2.45, 2.75) is 13.8 Å². The van der Waals surface area contributed by atoms with Gasteiger partial charge in [0.25, 0.3) is 0 Å². The van der Waals surface area contributed by atoms with Gasteiger partial charge in [0.15, 0.2) is 0 Å². The smallest absolute Gasteiger partial charge is 0.210 e. The molecule has 0 fully saturated rings. The van der Waals surface area contributed by atoms with Crippen LogP contribution in [0.25, 0.3) is 0 Å². The van der Waals surface area contributed by atoms with Crippen molar-refractivity contribution in [3.63, 3.8) is 0 Å². The predicted octanol–water partition coefficient (Wildman–Crippen LogP) is 1.90. The van der Waals surface area contributed by atoms with E-state index in [-0.39, 0.29) is 0 Å². The number of anilines is 1. The summed E-state index contributed by atoms with van der Waals surface area (Å²) in [6.45, 7) is 4.57. The third kappa shape index (κ3) is 3.42. The molecule has 0 heterocycles. The summed E-state index contributed by atoms with van der Waals surface area (Å²) in [6.07, 6.45) is 0. The van der Waals surface area contributed by atoms with Crippen molar-refractivity contribution in [3.8, 4) is 0 Å². The molecule has 1 rings (SSSR count). The van der Waals surface area contributed by atoms with Gasteiger partial charge in [0.2, 0.25) is 5.96 Å². The number of benzene rings is 1. The fraction of sp³-hybridized carbons (Fsp3) is 0.300. The number of nitrogens with one attached hydrogen (secondary N) is 2. The molecule has 0 saturated heterocycles. The molecule has 0 aliphatic rings. The molecule has 1 aromatic carbocycles. The van der Waals surface area contributed by atoms with Gasteiger partial charge in [-0.25, -0.2) is 5.84 Å². The first-order chi connectivity index (χ1) is 7.17. The highest BCUT2D eigenvalue weighted by atomic mass is 35.5. The molecular formula is C10H15ClN4. The lowest BCUT2D eigenvalue weighted by Gasteiger charge is -2.10. The topological polar surface area (TPSA) is 62.4 Å². The summed E-state index contributed by atoms with van der Waals surface area (Å²) in [7, 11) is 0. The largest absolute Gasteiger partial charge is 0.324 e. The lowest BCUT2D eigenvalue weighted by atomic mass is 10.2. The highest BCUT2D eigenvalue weighted by molar-refractivity contribution is 6.33. The first-order valence-corrected chi connectivity index (χ1v) is 5.09. The summed E-state index contributed by atoms with van der Waals surface area (Å²) < 4.78 is 0. The lowest BCUT2D eigenvalue weighted by molar-refractivity contribution is 0.986. The molecule has 4 N–H and O–H groups in total. The number of rotatable bonds is 2. The molecule has 5 heteroatoms. The Kier molecular flexibility index (Phi) is 4.39. The quantitative estimate of drug-likeness (QED) is 0.312. The number of aliphatic imine (C=N–C) groups is 1. The standard InChI is InChI=1S/C10H15ClN4/c1-3-13-10(15-12)14-9-6-7(2)4-5-8(9)11/h4-6H,3,12H2,1-2H3,(H2,13,14,15). The van der Waals surface area contributed by atoms with Crippen LogP contribution in [0.1, 0.15) is 12.5 Å². The zero-order valence-electron chi connectivity index (χ0n) is 8.84. The Bertz CT molecular complexity index is 362. The van der Waals surface area contributed by atoms with Crippen LogP contribution in [0.3, 0.4) is 0 Å². The van der Waals surface area contributed by atoms with Gasteiger partial charge in [0, 0.05) is 6.54 Å². The fourth-order valence-corrected chi connectivity index (χ4v) is 1.31. The van der Waals surface area contributed by atoms with E-state index in [1.165, 1.54) is 0 Å².